The lowest BCUT2D eigenvalue weighted by molar-refractivity contribution is 0.306. The largest absolute Gasteiger partial charge is 0.509 e. The third-order valence-electron chi connectivity index (χ3n) is 2.51. The Labute approximate surface area is 103 Å². The molecule has 2 aromatic rings. The summed E-state index contributed by atoms with van der Waals surface area (Å²) in [6.45, 7) is -4.59. The molecule has 0 aliphatic rings. The van der Waals surface area contributed by atoms with Gasteiger partial charge in [-0.2, -0.15) is 0 Å². The molecule has 0 aliphatic carbocycles. The van der Waals surface area contributed by atoms with E-state index in [1.807, 2.05) is 30.3 Å². The van der Waals surface area contributed by atoms with Crippen LogP contribution >= 0.6 is 0 Å². The molecular weight excluding hydrogens is 240 g/mol. The van der Waals surface area contributed by atoms with Crippen LogP contribution in [0.2, 0.25) is 0 Å². The minimum absolute atomic E-state index is 0.345. The van der Waals surface area contributed by atoms with Gasteiger partial charge in [0.15, 0.2) is 0 Å². The number of benzene rings is 2. The molecule has 0 unspecified atom stereocenters. The minimum atomic E-state index is -4.93. The normalized spacial score (nSPS) is 11.3. The highest BCUT2D eigenvalue weighted by molar-refractivity contribution is 6.73. The molecule has 0 N–H and O–H groups in total. The second-order valence-corrected chi connectivity index (χ2v) is 3.92. The van der Waals surface area contributed by atoms with Crippen molar-refractivity contribution in [1.82, 2.24) is 0 Å². The van der Waals surface area contributed by atoms with Crippen molar-refractivity contribution in [3.8, 4) is 5.75 Å². The van der Waals surface area contributed by atoms with Gasteiger partial charge < -0.3 is 17.7 Å². The van der Waals surface area contributed by atoms with Gasteiger partial charge in [-0.25, -0.2) is 0 Å². The van der Waals surface area contributed by atoms with Gasteiger partial charge in [-0.15, -0.1) is 5.46 Å². The third-order valence-corrected chi connectivity index (χ3v) is 2.51. The van der Waals surface area contributed by atoms with E-state index >= 15 is 0 Å². The fourth-order valence-corrected chi connectivity index (χ4v) is 1.52. The molecule has 0 fully saturated rings. The first-order valence-electron chi connectivity index (χ1n) is 5.52. The molecule has 2 rings (SSSR count). The van der Waals surface area contributed by atoms with E-state index in [9.17, 15) is 12.9 Å². The Morgan fingerprint density at radius 2 is 1.44 bits per heavy atom. The fraction of sp³-hybridized carbons (Fsp3) is 0.0769. The average Bonchev–Trinajstić information content (AvgIpc) is 2.37. The molecule has 2 aromatic carbocycles. The Hall–Kier alpha value is -1.91. The summed E-state index contributed by atoms with van der Waals surface area (Å²) in [4.78, 5) is 0. The standard InChI is InChI=1S/C13H11BF3O/c15-14(16,17)12-6-8-13(9-7-12)18-10-11-4-2-1-3-5-11/h1-9H,10H2/q-1. The van der Waals surface area contributed by atoms with Gasteiger partial charge in [0, 0.05) is 0 Å². The molecule has 0 radical (unpaired) electrons. The van der Waals surface area contributed by atoms with E-state index in [2.05, 4.69) is 0 Å². The molecule has 1 nitrogen and oxygen atoms in total. The van der Waals surface area contributed by atoms with Gasteiger partial charge >= 0.3 is 6.98 Å². The fourth-order valence-electron chi connectivity index (χ4n) is 1.52. The van der Waals surface area contributed by atoms with Crippen LogP contribution in [-0.4, -0.2) is 6.98 Å². The van der Waals surface area contributed by atoms with Gasteiger partial charge in [0.25, 0.3) is 0 Å². The van der Waals surface area contributed by atoms with Crippen LogP contribution in [0.5, 0.6) is 5.75 Å². The van der Waals surface area contributed by atoms with Crippen molar-refractivity contribution in [2.75, 3.05) is 0 Å². The zero-order valence-electron chi connectivity index (χ0n) is 9.52. The van der Waals surface area contributed by atoms with Crippen molar-refractivity contribution in [2.24, 2.45) is 0 Å². The van der Waals surface area contributed by atoms with Crippen LogP contribution < -0.4 is 10.2 Å². The summed E-state index contributed by atoms with van der Waals surface area (Å²) in [5, 5.41) is 0. The monoisotopic (exact) mass is 251 g/mol. The van der Waals surface area contributed by atoms with Gasteiger partial charge in [-0.1, -0.05) is 42.5 Å². The lowest BCUT2D eigenvalue weighted by Gasteiger charge is -2.15. The molecule has 0 spiro atoms. The number of hydrogen-bond donors (Lipinski definition) is 0. The Kier molecular flexibility index (Phi) is 3.60. The lowest BCUT2D eigenvalue weighted by Crippen LogP contribution is -2.33. The first-order chi connectivity index (χ1) is 8.55. The van der Waals surface area contributed by atoms with Crippen molar-refractivity contribution in [3.63, 3.8) is 0 Å². The third kappa shape index (κ3) is 3.29. The Balaban J connectivity index is 1.99. The molecule has 0 bridgehead atoms. The molecule has 0 saturated heterocycles. The van der Waals surface area contributed by atoms with E-state index in [4.69, 9.17) is 4.74 Å². The Morgan fingerprint density at radius 3 is 2.00 bits per heavy atom. The van der Waals surface area contributed by atoms with Crippen LogP contribution in [0.4, 0.5) is 12.9 Å². The number of rotatable bonds is 4. The van der Waals surface area contributed by atoms with E-state index in [0.29, 0.717) is 12.4 Å². The molecule has 0 aliphatic heterocycles. The highest BCUT2D eigenvalue weighted by atomic mass is 19.4. The van der Waals surface area contributed by atoms with Crippen molar-refractivity contribution >= 4 is 12.4 Å². The molecule has 0 amide bonds. The zero-order chi connectivity index (χ0) is 13.0. The van der Waals surface area contributed by atoms with Gasteiger partial charge in [-0.3, -0.25) is 0 Å². The summed E-state index contributed by atoms with van der Waals surface area (Å²) < 4.78 is 42.6. The van der Waals surface area contributed by atoms with Gasteiger partial charge in [0.1, 0.15) is 12.4 Å². The second kappa shape index (κ2) is 5.17. The maximum atomic E-state index is 12.4. The van der Waals surface area contributed by atoms with Crippen LogP contribution in [0.3, 0.4) is 0 Å². The molecule has 18 heavy (non-hydrogen) atoms. The zero-order valence-corrected chi connectivity index (χ0v) is 9.52. The maximum absolute atomic E-state index is 12.4. The van der Waals surface area contributed by atoms with E-state index in [1.54, 1.807) is 0 Å². The highest BCUT2D eigenvalue weighted by Gasteiger charge is 2.24. The maximum Gasteiger partial charge on any atom is 0.509 e. The average molecular weight is 251 g/mol. The summed E-state index contributed by atoms with van der Waals surface area (Å²) in [5.41, 5.74) is 0.365. The summed E-state index contributed by atoms with van der Waals surface area (Å²) in [6.07, 6.45) is 0. The molecule has 0 aromatic heterocycles. The summed E-state index contributed by atoms with van der Waals surface area (Å²) in [7, 11) is 0. The molecular formula is C13H11BF3O-. The quantitative estimate of drug-likeness (QED) is 0.757. The number of hydrogen-bond acceptors (Lipinski definition) is 1. The van der Waals surface area contributed by atoms with Crippen LogP contribution in [0, 0.1) is 0 Å². The molecule has 0 atom stereocenters. The van der Waals surface area contributed by atoms with Crippen LogP contribution in [0.1, 0.15) is 5.56 Å². The summed E-state index contributed by atoms with van der Waals surface area (Å²) in [6, 6.07) is 14.2. The second-order valence-electron chi connectivity index (χ2n) is 3.92. The Bertz CT molecular complexity index is 494. The topological polar surface area (TPSA) is 9.23 Å². The predicted molar refractivity (Wildman–Crippen MR) is 65.9 cm³/mol. The van der Waals surface area contributed by atoms with E-state index in [-0.39, 0.29) is 0 Å². The Morgan fingerprint density at radius 1 is 0.833 bits per heavy atom. The lowest BCUT2D eigenvalue weighted by atomic mass is 9.80. The number of ether oxygens (including phenoxy) is 1. The van der Waals surface area contributed by atoms with Crippen molar-refractivity contribution < 1.29 is 17.7 Å². The molecule has 94 valence electrons. The number of halogens is 3. The van der Waals surface area contributed by atoms with Crippen molar-refractivity contribution in [1.29, 1.82) is 0 Å². The molecule has 0 heterocycles. The first-order valence-corrected chi connectivity index (χ1v) is 5.52. The molecule has 0 saturated carbocycles. The van der Waals surface area contributed by atoms with Crippen LogP contribution in [-0.2, 0) is 6.61 Å². The van der Waals surface area contributed by atoms with Crippen LogP contribution in [0.15, 0.2) is 54.6 Å². The van der Waals surface area contributed by atoms with E-state index < -0.39 is 12.4 Å². The van der Waals surface area contributed by atoms with Gasteiger partial charge in [0.05, 0.1) is 0 Å². The molecule has 5 heteroatoms. The SMILES string of the molecule is F[B-](F)(F)c1ccc(OCc2ccccc2)cc1. The minimum Gasteiger partial charge on any atom is -0.489 e. The van der Waals surface area contributed by atoms with E-state index in [0.717, 1.165) is 17.7 Å². The predicted octanol–water partition coefficient (Wildman–Crippen LogP) is 3.32. The first kappa shape index (κ1) is 12.5. The van der Waals surface area contributed by atoms with Crippen molar-refractivity contribution in [3.05, 3.63) is 60.2 Å². The highest BCUT2D eigenvalue weighted by Crippen LogP contribution is 2.14. The van der Waals surface area contributed by atoms with Gasteiger partial charge in [0.2, 0.25) is 0 Å². The van der Waals surface area contributed by atoms with Crippen molar-refractivity contribution in [2.45, 2.75) is 6.61 Å². The van der Waals surface area contributed by atoms with Gasteiger partial charge in [-0.05, 0) is 17.7 Å². The van der Waals surface area contributed by atoms with E-state index in [1.165, 1.54) is 12.1 Å². The summed E-state index contributed by atoms with van der Waals surface area (Å²) >= 11 is 0. The summed E-state index contributed by atoms with van der Waals surface area (Å²) in [5.74, 6) is 0.433. The van der Waals surface area contributed by atoms with Crippen LogP contribution in [0.25, 0.3) is 0 Å². The smallest absolute Gasteiger partial charge is 0.489 e.